The number of carboxylic acid groups (broad SMARTS) is 1. The van der Waals surface area contributed by atoms with Crippen LogP contribution in [0.15, 0.2) is 48.5 Å². The first-order valence-electron chi connectivity index (χ1n) is 10.6. The number of ether oxygens (including phenoxy) is 1. The molecule has 3 rings (SSSR count). The van der Waals surface area contributed by atoms with Gasteiger partial charge in [-0.05, 0) is 42.5 Å². The summed E-state index contributed by atoms with van der Waals surface area (Å²) in [6.07, 6.45) is -6.91. The summed E-state index contributed by atoms with van der Waals surface area (Å²) in [4.78, 5) is 35.3. The summed E-state index contributed by atoms with van der Waals surface area (Å²) in [7, 11) is 0. The molecule has 0 fully saturated rings. The van der Waals surface area contributed by atoms with Gasteiger partial charge in [0, 0.05) is 17.9 Å². The number of hydrogen-bond donors (Lipinski definition) is 3. The molecule has 0 bridgehead atoms. The number of aliphatic carboxylic acids is 1. The Labute approximate surface area is 194 Å². The second-order valence-electron chi connectivity index (χ2n) is 8.71. The molecular weight excluding hydrogens is 453 g/mol. The number of fused-ring (bicyclic) bond motifs is 3. The molecule has 0 spiro atoms. The van der Waals surface area contributed by atoms with Gasteiger partial charge in [-0.15, -0.1) is 0 Å². The molecule has 182 valence electrons. The van der Waals surface area contributed by atoms with Crippen molar-refractivity contribution in [3.8, 4) is 11.1 Å². The Kier molecular flexibility index (Phi) is 7.18. The van der Waals surface area contributed by atoms with Gasteiger partial charge in [-0.2, -0.15) is 13.2 Å². The number of benzene rings is 2. The van der Waals surface area contributed by atoms with Crippen molar-refractivity contribution in [1.82, 2.24) is 10.6 Å². The van der Waals surface area contributed by atoms with Crippen molar-refractivity contribution in [3.05, 3.63) is 59.7 Å². The van der Waals surface area contributed by atoms with Gasteiger partial charge < -0.3 is 20.5 Å². The molecule has 1 atom stereocenters. The Balaban J connectivity index is 1.67. The summed E-state index contributed by atoms with van der Waals surface area (Å²) in [6.45, 7) is 2.58. The number of hydrogen-bond acceptors (Lipinski definition) is 4. The fourth-order valence-electron chi connectivity index (χ4n) is 3.94. The highest BCUT2D eigenvalue weighted by atomic mass is 19.4. The largest absolute Gasteiger partial charge is 0.481 e. The smallest absolute Gasteiger partial charge is 0.417 e. The average molecular weight is 478 g/mol. The molecule has 1 aliphatic rings. The van der Waals surface area contributed by atoms with E-state index in [1.165, 1.54) is 13.8 Å². The number of carboxylic acids is 1. The highest BCUT2D eigenvalue weighted by Gasteiger charge is 2.47. The van der Waals surface area contributed by atoms with Gasteiger partial charge in [-0.3, -0.25) is 9.59 Å². The topological polar surface area (TPSA) is 105 Å². The van der Waals surface area contributed by atoms with Crippen molar-refractivity contribution in [2.24, 2.45) is 0 Å². The van der Waals surface area contributed by atoms with Crippen LogP contribution in [0.3, 0.4) is 0 Å². The summed E-state index contributed by atoms with van der Waals surface area (Å²) < 4.78 is 45.7. The van der Waals surface area contributed by atoms with E-state index in [-0.39, 0.29) is 25.4 Å². The van der Waals surface area contributed by atoms with Crippen molar-refractivity contribution in [3.63, 3.8) is 0 Å². The van der Waals surface area contributed by atoms with Crippen molar-refractivity contribution >= 4 is 18.0 Å². The van der Waals surface area contributed by atoms with Gasteiger partial charge in [-0.25, -0.2) is 4.79 Å². The van der Waals surface area contributed by atoms with E-state index in [0.717, 1.165) is 22.3 Å². The minimum Gasteiger partial charge on any atom is -0.481 e. The van der Waals surface area contributed by atoms with Crippen molar-refractivity contribution in [1.29, 1.82) is 0 Å². The first-order valence-corrected chi connectivity index (χ1v) is 10.6. The fraction of sp³-hybridized carbons (Fsp3) is 0.375. The highest BCUT2D eigenvalue weighted by Crippen LogP contribution is 2.44. The van der Waals surface area contributed by atoms with Crippen molar-refractivity contribution in [2.45, 2.75) is 50.4 Å². The second-order valence-corrected chi connectivity index (χ2v) is 8.71. The van der Waals surface area contributed by atoms with E-state index in [9.17, 15) is 27.6 Å². The second kappa shape index (κ2) is 9.74. The summed E-state index contributed by atoms with van der Waals surface area (Å²) in [6, 6.07) is 12.1. The molecule has 10 heteroatoms. The zero-order chi connectivity index (χ0) is 25.1. The van der Waals surface area contributed by atoms with E-state index >= 15 is 0 Å². The Morgan fingerprint density at radius 2 is 1.53 bits per heavy atom. The summed E-state index contributed by atoms with van der Waals surface area (Å²) in [5.41, 5.74) is 2.47. The third kappa shape index (κ3) is 5.86. The normalized spacial score (nSPS) is 14.0. The molecule has 0 heterocycles. The Bertz CT molecular complexity index is 1040. The van der Waals surface area contributed by atoms with Gasteiger partial charge in [0.05, 0.1) is 0 Å². The van der Waals surface area contributed by atoms with E-state index < -0.39 is 35.7 Å². The lowest BCUT2D eigenvalue weighted by molar-refractivity contribution is -0.168. The maximum Gasteiger partial charge on any atom is 0.417 e. The number of carbonyl (C=O) groups excluding carboxylic acids is 2. The molecule has 34 heavy (non-hydrogen) atoms. The summed E-state index contributed by atoms with van der Waals surface area (Å²) in [5, 5.41) is 12.5. The zero-order valence-corrected chi connectivity index (χ0v) is 18.6. The van der Waals surface area contributed by atoms with Crippen LogP contribution in [0.5, 0.6) is 0 Å². The van der Waals surface area contributed by atoms with Crippen LogP contribution in [0, 0.1) is 0 Å². The summed E-state index contributed by atoms with van der Waals surface area (Å²) in [5.74, 6) is -3.01. The molecule has 0 aromatic heterocycles. The van der Waals surface area contributed by atoms with Gasteiger partial charge in [0.2, 0.25) is 6.04 Å². The van der Waals surface area contributed by atoms with Crippen LogP contribution >= 0.6 is 0 Å². The molecule has 0 saturated heterocycles. The van der Waals surface area contributed by atoms with Crippen LogP contribution in [0.4, 0.5) is 18.0 Å². The number of alkyl halides is 3. The minimum atomic E-state index is -5.08. The lowest BCUT2D eigenvalue weighted by atomic mass is 9.97. The molecule has 0 radical (unpaired) electrons. The molecule has 3 N–H and O–H groups in total. The Hall–Kier alpha value is -3.56. The number of amides is 2. The van der Waals surface area contributed by atoms with Crippen LogP contribution in [0.25, 0.3) is 11.1 Å². The lowest BCUT2D eigenvalue weighted by Gasteiger charge is -2.29. The van der Waals surface area contributed by atoms with Gasteiger partial charge in [-0.1, -0.05) is 48.5 Å². The maximum absolute atomic E-state index is 13.5. The molecule has 1 aliphatic carbocycles. The predicted octanol–water partition coefficient (Wildman–Crippen LogP) is 4.22. The Morgan fingerprint density at radius 3 is 2.03 bits per heavy atom. The van der Waals surface area contributed by atoms with Gasteiger partial charge >= 0.3 is 18.2 Å². The molecular formula is C24H25F3N2O5. The SMILES string of the molecule is CC(C)(CCC(=O)O)NC(=O)C(NC(=O)OCC1c2ccccc2-c2ccccc21)C(F)(F)F. The minimum absolute atomic E-state index is 0.0937. The standard InChI is InChI=1S/C24H25F3N2O5/c1-23(2,12-11-19(30)31)29-21(32)20(24(25,26)27)28-22(33)34-13-18-16-9-5-3-7-14(16)15-8-4-6-10-17(15)18/h3-10,18,20H,11-13H2,1-2H3,(H,28,33)(H,29,32)(H,30,31). The average Bonchev–Trinajstić information content (AvgIpc) is 3.07. The highest BCUT2D eigenvalue weighted by molar-refractivity contribution is 5.87. The van der Waals surface area contributed by atoms with Gasteiger partial charge in [0.25, 0.3) is 5.91 Å². The summed E-state index contributed by atoms with van der Waals surface area (Å²) >= 11 is 0. The van der Waals surface area contributed by atoms with E-state index in [4.69, 9.17) is 9.84 Å². The number of halogens is 3. The fourth-order valence-corrected chi connectivity index (χ4v) is 3.94. The van der Waals surface area contributed by atoms with Crippen LogP contribution < -0.4 is 10.6 Å². The van der Waals surface area contributed by atoms with E-state index in [1.807, 2.05) is 48.5 Å². The first-order chi connectivity index (χ1) is 15.9. The van der Waals surface area contributed by atoms with Crippen LogP contribution in [-0.2, 0) is 14.3 Å². The van der Waals surface area contributed by atoms with Crippen molar-refractivity contribution in [2.75, 3.05) is 6.61 Å². The third-order valence-electron chi connectivity index (χ3n) is 5.62. The zero-order valence-electron chi connectivity index (χ0n) is 18.6. The Morgan fingerprint density at radius 1 is 1.00 bits per heavy atom. The quantitative estimate of drug-likeness (QED) is 0.527. The molecule has 2 amide bonds. The van der Waals surface area contributed by atoms with Crippen molar-refractivity contribution < 1.29 is 37.4 Å². The van der Waals surface area contributed by atoms with Gasteiger partial charge in [0.15, 0.2) is 0 Å². The maximum atomic E-state index is 13.5. The van der Waals surface area contributed by atoms with E-state index in [0.29, 0.717) is 0 Å². The number of alkyl carbamates (subject to hydrolysis) is 1. The molecule has 1 unspecified atom stereocenters. The molecule has 7 nitrogen and oxygen atoms in total. The molecule has 2 aromatic carbocycles. The van der Waals surface area contributed by atoms with Crippen LogP contribution in [0.2, 0.25) is 0 Å². The van der Waals surface area contributed by atoms with Crippen LogP contribution in [-0.4, -0.2) is 47.4 Å². The molecule has 0 aliphatic heterocycles. The predicted molar refractivity (Wildman–Crippen MR) is 117 cm³/mol. The number of rotatable bonds is 8. The lowest BCUT2D eigenvalue weighted by Crippen LogP contribution is -2.59. The third-order valence-corrected chi connectivity index (χ3v) is 5.62. The number of carbonyl (C=O) groups is 3. The molecule has 2 aromatic rings. The van der Waals surface area contributed by atoms with E-state index in [1.54, 1.807) is 5.32 Å². The number of nitrogens with one attached hydrogen (secondary N) is 2. The molecule has 0 saturated carbocycles. The van der Waals surface area contributed by atoms with E-state index in [2.05, 4.69) is 5.32 Å². The monoisotopic (exact) mass is 478 g/mol. The first kappa shape index (κ1) is 25.1. The van der Waals surface area contributed by atoms with Gasteiger partial charge in [0.1, 0.15) is 6.61 Å². The van der Waals surface area contributed by atoms with Crippen LogP contribution in [0.1, 0.15) is 43.7 Å².